The molecule has 0 amide bonds. The first-order valence-electron chi connectivity index (χ1n) is 9.28. The predicted octanol–water partition coefficient (Wildman–Crippen LogP) is 3.35. The summed E-state index contributed by atoms with van der Waals surface area (Å²) in [6, 6.07) is 8.90. The van der Waals surface area contributed by atoms with E-state index < -0.39 is 0 Å². The Balaban J connectivity index is 1.32. The molecule has 1 saturated heterocycles. The fourth-order valence-electron chi connectivity index (χ4n) is 4.10. The van der Waals surface area contributed by atoms with Crippen molar-refractivity contribution in [1.82, 2.24) is 9.88 Å². The quantitative estimate of drug-likeness (QED) is 0.744. The normalized spacial score (nSPS) is 26.0. The van der Waals surface area contributed by atoms with Gasteiger partial charge in [-0.1, -0.05) is 12.1 Å². The molecule has 26 heavy (non-hydrogen) atoms. The van der Waals surface area contributed by atoms with E-state index in [2.05, 4.69) is 22.0 Å². The van der Waals surface area contributed by atoms with Gasteiger partial charge in [0.25, 0.3) is 0 Å². The Kier molecular flexibility index (Phi) is 5.84. The zero-order valence-corrected chi connectivity index (χ0v) is 16.0. The maximum absolute atomic E-state index is 6.15. The second kappa shape index (κ2) is 8.48. The molecule has 2 aliphatic rings. The predicted molar refractivity (Wildman–Crippen MR) is 101 cm³/mol. The number of thiazole rings is 1. The Bertz CT molecular complexity index is 677. The standard InChI is InChI=1S/C20H26N2O3S/c1-23-17-5-2-15(3-6-17)12-22-9-10-25-20-16(4-7-18(20)22)13-24-14-19-21-8-11-26-19/h2-3,5-6,8,11,16,18,20H,4,7,9-10,12-14H2,1H3/t16-,18+,20+/m0/s1. The molecular weight excluding hydrogens is 348 g/mol. The molecule has 1 aromatic carbocycles. The number of ether oxygens (including phenoxy) is 3. The lowest BCUT2D eigenvalue weighted by molar-refractivity contribution is -0.0891. The summed E-state index contributed by atoms with van der Waals surface area (Å²) in [6.45, 7) is 4.15. The molecule has 1 aliphatic heterocycles. The van der Waals surface area contributed by atoms with Crippen LogP contribution in [0.3, 0.4) is 0 Å². The summed E-state index contributed by atoms with van der Waals surface area (Å²) in [5.41, 5.74) is 1.33. The number of methoxy groups -OCH3 is 1. The van der Waals surface area contributed by atoms with Crippen molar-refractivity contribution in [1.29, 1.82) is 0 Å². The number of aromatic nitrogens is 1. The minimum atomic E-state index is 0.290. The Labute approximate surface area is 158 Å². The summed E-state index contributed by atoms with van der Waals surface area (Å²) in [4.78, 5) is 6.86. The van der Waals surface area contributed by atoms with E-state index in [0.717, 1.165) is 37.1 Å². The average molecular weight is 375 g/mol. The summed E-state index contributed by atoms with van der Waals surface area (Å²) in [7, 11) is 1.71. The molecule has 6 heteroatoms. The van der Waals surface area contributed by atoms with Crippen LogP contribution in [0.25, 0.3) is 0 Å². The molecule has 0 bridgehead atoms. The molecule has 0 N–H and O–H groups in total. The summed E-state index contributed by atoms with van der Waals surface area (Å²) in [5, 5.41) is 3.04. The fraction of sp³-hybridized carbons (Fsp3) is 0.550. The highest BCUT2D eigenvalue weighted by Gasteiger charge is 2.42. The van der Waals surface area contributed by atoms with Crippen LogP contribution < -0.4 is 4.74 Å². The van der Waals surface area contributed by atoms with Gasteiger partial charge in [0.2, 0.25) is 0 Å². The van der Waals surface area contributed by atoms with E-state index in [4.69, 9.17) is 14.2 Å². The monoisotopic (exact) mass is 374 g/mol. The van der Waals surface area contributed by atoms with Crippen molar-refractivity contribution in [2.24, 2.45) is 5.92 Å². The second-order valence-corrected chi connectivity index (χ2v) is 7.98. The maximum Gasteiger partial charge on any atom is 0.118 e. The van der Waals surface area contributed by atoms with Gasteiger partial charge in [0.05, 0.1) is 33.0 Å². The molecule has 140 valence electrons. The molecule has 0 spiro atoms. The van der Waals surface area contributed by atoms with Crippen molar-refractivity contribution in [2.75, 3.05) is 26.9 Å². The third kappa shape index (κ3) is 4.09. The van der Waals surface area contributed by atoms with Crippen LogP contribution in [0.2, 0.25) is 0 Å². The van der Waals surface area contributed by atoms with Gasteiger partial charge < -0.3 is 14.2 Å². The highest BCUT2D eigenvalue weighted by atomic mass is 32.1. The number of hydrogen-bond acceptors (Lipinski definition) is 6. The van der Waals surface area contributed by atoms with E-state index in [9.17, 15) is 0 Å². The summed E-state index contributed by atoms with van der Waals surface area (Å²) < 4.78 is 17.3. The minimum Gasteiger partial charge on any atom is -0.497 e. The van der Waals surface area contributed by atoms with E-state index in [1.165, 1.54) is 18.4 Å². The molecule has 0 radical (unpaired) electrons. The van der Waals surface area contributed by atoms with Crippen molar-refractivity contribution < 1.29 is 14.2 Å². The van der Waals surface area contributed by atoms with Gasteiger partial charge in [-0.05, 0) is 30.5 Å². The number of benzene rings is 1. The van der Waals surface area contributed by atoms with Crippen LogP contribution in [0.5, 0.6) is 5.75 Å². The fourth-order valence-corrected chi connectivity index (χ4v) is 4.65. The molecule has 2 fully saturated rings. The Morgan fingerprint density at radius 3 is 2.92 bits per heavy atom. The lowest BCUT2D eigenvalue weighted by Gasteiger charge is -2.39. The van der Waals surface area contributed by atoms with Crippen LogP contribution in [0.15, 0.2) is 35.8 Å². The number of hydrogen-bond donors (Lipinski definition) is 0. The van der Waals surface area contributed by atoms with Gasteiger partial charge >= 0.3 is 0 Å². The molecular formula is C20H26N2O3S. The topological polar surface area (TPSA) is 43.8 Å². The molecule has 2 aromatic rings. The van der Waals surface area contributed by atoms with Crippen molar-refractivity contribution in [3.8, 4) is 5.75 Å². The number of rotatable bonds is 7. The first-order chi connectivity index (χ1) is 12.8. The lowest BCUT2D eigenvalue weighted by Crippen LogP contribution is -2.50. The van der Waals surface area contributed by atoms with Crippen LogP contribution in [0.4, 0.5) is 0 Å². The van der Waals surface area contributed by atoms with Gasteiger partial charge in [0, 0.05) is 36.6 Å². The average Bonchev–Trinajstić information content (AvgIpc) is 3.33. The number of fused-ring (bicyclic) bond motifs is 1. The molecule has 2 heterocycles. The van der Waals surface area contributed by atoms with Crippen LogP contribution in [-0.4, -0.2) is 48.9 Å². The van der Waals surface area contributed by atoms with Gasteiger partial charge in [-0.2, -0.15) is 0 Å². The maximum atomic E-state index is 6.15. The van der Waals surface area contributed by atoms with E-state index >= 15 is 0 Å². The Hall–Kier alpha value is -1.47. The molecule has 3 atom stereocenters. The van der Waals surface area contributed by atoms with Crippen molar-refractivity contribution in [2.45, 2.75) is 38.1 Å². The summed E-state index contributed by atoms with van der Waals surface area (Å²) >= 11 is 1.65. The summed E-state index contributed by atoms with van der Waals surface area (Å²) in [5.74, 6) is 1.39. The van der Waals surface area contributed by atoms with Crippen molar-refractivity contribution in [3.63, 3.8) is 0 Å². The Morgan fingerprint density at radius 2 is 2.15 bits per heavy atom. The van der Waals surface area contributed by atoms with Crippen molar-refractivity contribution in [3.05, 3.63) is 46.4 Å². The van der Waals surface area contributed by atoms with Crippen molar-refractivity contribution >= 4 is 11.3 Å². The smallest absolute Gasteiger partial charge is 0.118 e. The van der Waals surface area contributed by atoms with Gasteiger partial charge in [-0.15, -0.1) is 11.3 Å². The van der Waals surface area contributed by atoms with E-state index in [0.29, 0.717) is 24.7 Å². The van der Waals surface area contributed by atoms with Crippen LogP contribution >= 0.6 is 11.3 Å². The van der Waals surface area contributed by atoms with Crippen LogP contribution in [-0.2, 0) is 22.6 Å². The minimum absolute atomic E-state index is 0.290. The third-order valence-electron chi connectivity index (χ3n) is 5.42. The SMILES string of the molecule is COc1ccc(CN2CCO[C@@H]3[C@H](COCc4nccs4)CC[C@H]32)cc1. The largest absolute Gasteiger partial charge is 0.497 e. The Morgan fingerprint density at radius 1 is 1.27 bits per heavy atom. The lowest BCUT2D eigenvalue weighted by atomic mass is 10.0. The van der Waals surface area contributed by atoms with Gasteiger partial charge in [-0.3, -0.25) is 4.90 Å². The zero-order chi connectivity index (χ0) is 17.8. The first-order valence-corrected chi connectivity index (χ1v) is 10.2. The molecule has 1 aromatic heterocycles. The zero-order valence-electron chi connectivity index (χ0n) is 15.2. The second-order valence-electron chi connectivity index (χ2n) is 7.00. The molecule has 1 aliphatic carbocycles. The molecule has 4 rings (SSSR count). The number of nitrogens with zero attached hydrogens (tertiary/aromatic N) is 2. The van der Waals surface area contributed by atoms with E-state index in [1.54, 1.807) is 18.4 Å². The van der Waals surface area contributed by atoms with Gasteiger partial charge in [0.15, 0.2) is 0 Å². The third-order valence-corrected chi connectivity index (χ3v) is 6.17. The van der Waals surface area contributed by atoms with Gasteiger partial charge in [0.1, 0.15) is 10.8 Å². The van der Waals surface area contributed by atoms with Crippen LogP contribution in [0.1, 0.15) is 23.4 Å². The van der Waals surface area contributed by atoms with E-state index in [1.807, 2.05) is 23.7 Å². The summed E-state index contributed by atoms with van der Waals surface area (Å²) in [6.07, 6.45) is 4.48. The number of morpholine rings is 1. The highest BCUT2D eigenvalue weighted by Crippen LogP contribution is 2.35. The molecule has 0 unspecified atom stereocenters. The van der Waals surface area contributed by atoms with Gasteiger partial charge in [-0.25, -0.2) is 4.98 Å². The molecule has 5 nitrogen and oxygen atoms in total. The van der Waals surface area contributed by atoms with Crippen LogP contribution in [0, 0.1) is 5.92 Å². The highest BCUT2D eigenvalue weighted by molar-refractivity contribution is 7.09. The van der Waals surface area contributed by atoms with E-state index in [-0.39, 0.29) is 0 Å². The molecule has 1 saturated carbocycles. The first kappa shape index (κ1) is 17.9.